The number of hydrogen-bond donors (Lipinski definition) is 1. The molecule has 1 aromatic carbocycles. The molecule has 1 amide bonds. The minimum absolute atomic E-state index is 0.114. The third kappa shape index (κ3) is 3.07. The van der Waals surface area contributed by atoms with Crippen LogP contribution in [0.3, 0.4) is 0 Å². The highest BCUT2D eigenvalue weighted by molar-refractivity contribution is 5.97. The largest absolute Gasteiger partial charge is 0.416 e. The van der Waals surface area contributed by atoms with Crippen LogP contribution >= 0.6 is 0 Å². The fourth-order valence-electron chi connectivity index (χ4n) is 2.07. The van der Waals surface area contributed by atoms with Crippen LogP contribution < -0.4 is 10.2 Å². The summed E-state index contributed by atoms with van der Waals surface area (Å²) in [5, 5.41) is 3.06. The molecule has 1 unspecified atom stereocenters. The fraction of sp³-hybridized carbons (Fsp3) is 0.462. The molecule has 0 saturated carbocycles. The molecule has 0 aromatic heterocycles. The van der Waals surface area contributed by atoms with Gasteiger partial charge in [0.25, 0.3) is 0 Å². The lowest BCUT2D eigenvalue weighted by Crippen LogP contribution is -2.41. The van der Waals surface area contributed by atoms with E-state index in [1.54, 1.807) is 6.92 Å². The molecule has 1 atom stereocenters. The summed E-state index contributed by atoms with van der Waals surface area (Å²) in [6, 6.07) is 4.39. The van der Waals surface area contributed by atoms with Gasteiger partial charge in [-0.25, -0.2) is 0 Å². The number of nitrogens with zero attached hydrogens (tertiary/aromatic N) is 1. The van der Waals surface area contributed by atoms with Gasteiger partial charge in [0.2, 0.25) is 5.91 Å². The second-order valence-electron chi connectivity index (χ2n) is 4.56. The lowest BCUT2D eigenvalue weighted by atomic mass is 10.1. The van der Waals surface area contributed by atoms with Crippen molar-refractivity contribution in [3.63, 3.8) is 0 Å². The first-order chi connectivity index (χ1) is 8.89. The maximum absolute atomic E-state index is 12.5. The molecule has 1 aliphatic heterocycles. The monoisotopic (exact) mass is 272 g/mol. The number of rotatable bonds is 1. The second-order valence-corrected chi connectivity index (χ2v) is 4.56. The van der Waals surface area contributed by atoms with E-state index in [4.69, 9.17) is 0 Å². The molecule has 1 heterocycles. The smallest absolute Gasteiger partial charge is 0.311 e. The Hall–Kier alpha value is -1.56. The van der Waals surface area contributed by atoms with Crippen LogP contribution in [0, 0.1) is 0 Å². The standard InChI is InChI=1S/C13H15F3N2O/c1-9-12(19)18(8-2-7-17-9)11-5-3-10(4-6-11)13(14,15)16/h3-6,9,17H,2,7-8H2,1H3. The van der Waals surface area contributed by atoms with Crippen molar-refractivity contribution in [3.05, 3.63) is 29.8 Å². The van der Waals surface area contributed by atoms with E-state index in [-0.39, 0.29) is 11.9 Å². The van der Waals surface area contributed by atoms with E-state index < -0.39 is 11.7 Å². The van der Waals surface area contributed by atoms with Crippen LogP contribution in [0.15, 0.2) is 24.3 Å². The Morgan fingerprint density at radius 1 is 1.26 bits per heavy atom. The number of benzene rings is 1. The number of halogens is 3. The SMILES string of the molecule is CC1NCCCN(c2ccc(C(F)(F)F)cc2)C1=O. The molecule has 19 heavy (non-hydrogen) atoms. The molecule has 0 aliphatic carbocycles. The van der Waals surface area contributed by atoms with Gasteiger partial charge in [0.15, 0.2) is 0 Å². The number of alkyl halides is 3. The predicted molar refractivity (Wildman–Crippen MR) is 65.9 cm³/mol. The Kier molecular flexibility index (Phi) is 3.80. The molecular formula is C13H15F3N2O. The van der Waals surface area contributed by atoms with E-state index in [1.165, 1.54) is 17.0 Å². The van der Waals surface area contributed by atoms with E-state index in [1.807, 2.05) is 0 Å². The summed E-state index contributed by atoms with van der Waals surface area (Å²) < 4.78 is 37.4. The Balaban J connectivity index is 2.23. The van der Waals surface area contributed by atoms with E-state index in [0.29, 0.717) is 12.2 Å². The van der Waals surface area contributed by atoms with E-state index in [9.17, 15) is 18.0 Å². The van der Waals surface area contributed by atoms with Gasteiger partial charge in [0.1, 0.15) is 0 Å². The van der Waals surface area contributed by atoms with Crippen LogP contribution in [0.5, 0.6) is 0 Å². The molecule has 1 aromatic rings. The fourth-order valence-corrected chi connectivity index (χ4v) is 2.07. The molecule has 1 aliphatic rings. The molecular weight excluding hydrogens is 257 g/mol. The zero-order valence-electron chi connectivity index (χ0n) is 10.5. The zero-order chi connectivity index (χ0) is 14.0. The highest BCUT2D eigenvalue weighted by Crippen LogP contribution is 2.30. The van der Waals surface area contributed by atoms with Crippen molar-refractivity contribution >= 4 is 11.6 Å². The van der Waals surface area contributed by atoms with Gasteiger partial charge in [-0.2, -0.15) is 13.2 Å². The molecule has 1 fully saturated rings. The number of nitrogens with one attached hydrogen (secondary N) is 1. The number of hydrogen-bond acceptors (Lipinski definition) is 2. The van der Waals surface area contributed by atoms with Gasteiger partial charge in [-0.15, -0.1) is 0 Å². The lowest BCUT2D eigenvalue weighted by Gasteiger charge is -2.23. The third-order valence-electron chi connectivity index (χ3n) is 3.15. The Morgan fingerprint density at radius 2 is 1.89 bits per heavy atom. The molecule has 0 bridgehead atoms. The molecule has 6 heteroatoms. The summed E-state index contributed by atoms with van der Waals surface area (Å²) in [6.45, 7) is 3.00. The van der Waals surface area contributed by atoms with E-state index in [2.05, 4.69) is 5.32 Å². The van der Waals surface area contributed by atoms with Gasteiger partial charge in [0, 0.05) is 12.2 Å². The summed E-state index contributed by atoms with van der Waals surface area (Å²) in [4.78, 5) is 13.6. The second kappa shape index (κ2) is 5.21. The molecule has 0 radical (unpaired) electrons. The van der Waals surface area contributed by atoms with Crippen LogP contribution in [0.4, 0.5) is 18.9 Å². The van der Waals surface area contributed by atoms with Crippen molar-refractivity contribution < 1.29 is 18.0 Å². The number of carbonyl (C=O) groups excluding carboxylic acids is 1. The highest BCUT2D eigenvalue weighted by atomic mass is 19.4. The van der Waals surface area contributed by atoms with Crippen molar-refractivity contribution in [2.45, 2.75) is 25.6 Å². The Bertz CT molecular complexity index is 456. The Morgan fingerprint density at radius 3 is 2.47 bits per heavy atom. The van der Waals surface area contributed by atoms with Crippen molar-refractivity contribution in [2.75, 3.05) is 18.0 Å². The van der Waals surface area contributed by atoms with Crippen molar-refractivity contribution in [3.8, 4) is 0 Å². The van der Waals surface area contributed by atoms with E-state index >= 15 is 0 Å². The molecule has 3 nitrogen and oxygen atoms in total. The van der Waals surface area contributed by atoms with E-state index in [0.717, 1.165) is 25.1 Å². The minimum Gasteiger partial charge on any atom is -0.311 e. The van der Waals surface area contributed by atoms with Gasteiger partial charge in [-0.1, -0.05) is 0 Å². The quantitative estimate of drug-likeness (QED) is 0.851. The zero-order valence-corrected chi connectivity index (χ0v) is 10.5. The summed E-state index contributed by atoms with van der Waals surface area (Å²) in [5.41, 5.74) is -0.196. The average Bonchev–Trinajstić information content (AvgIpc) is 2.52. The number of anilines is 1. The molecule has 1 N–H and O–H groups in total. The maximum Gasteiger partial charge on any atom is 0.416 e. The molecule has 2 rings (SSSR count). The molecule has 104 valence electrons. The van der Waals surface area contributed by atoms with Gasteiger partial charge < -0.3 is 10.2 Å². The molecule has 1 saturated heterocycles. The van der Waals surface area contributed by atoms with Crippen LogP contribution in [-0.4, -0.2) is 25.0 Å². The average molecular weight is 272 g/mol. The van der Waals surface area contributed by atoms with Crippen LogP contribution in [0.25, 0.3) is 0 Å². The summed E-state index contributed by atoms with van der Waals surface area (Å²) >= 11 is 0. The predicted octanol–water partition coefficient (Wildman–Crippen LogP) is 2.42. The van der Waals surface area contributed by atoms with Crippen LogP contribution in [0.2, 0.25) is 0 Å². The van der Waals surface area contributed by atoms with Crippen molar-refractivity contribution in [1.29, 1.82) is 0 Å². The molecule has 0 spiro atoms. The van der Waals surface area contributed by atoms with Crippen molar-refractivity contribution in [1.82, 2.24) is 5.32 Å². The van der Waals surface area contributed by atoms with Crippen LogP contribution in [0.1, 0.15) is 18.9 Å². The summed E-state index contributed by atoms with van der Waals surface area (Å²) in [6.07, 6.45) is -3.58. The number of carbonyl (C=O) groups is 1. The van der Waals surface area contributed by atoms with Gasteiger partial charge in [-0.3, -0.25) is 4.79 Å². The first-order valence-corrected chi connectivity index (χ1v) is 6.11. The van der Waals surface area contributed by atoms with Gasteiger partial charge >= 0.3 is 6.18 Å². The topological polar surface area (TPSA) is 32.3 Å². The Labute approximate surface area is 109 Å². The van der Waals surface area contributed by atoms with Crippen LogP contribution in [-0.2, 0) is 11.0 Å². The van der Waals surface area contributed by atoms with Gasteiger partial charge in [0.05, 0.1) is 11.6 Å². The minimum atomic E-state index is -4.35. The third-order valence-corrected chi connectivity index (χ3v) is 3.15. The van der Waals surface area contributed by atoms with Gasteiger partial charge in [-0.05, 0) is 44.2 Å². The lowest BCUT2D eigenvalue weighted by molar-refractivity contribution is -0.137. The first kappa shape index (κ1) is 13.9. The van der Waals surface area contributed by atoms with Crippen molar-refractivity contribution in [2.24, 2.45) is 0 Å². The first-order valence-electron chi connectivity index (χ1n) is 6.11. The maximum atomic E-state index is 12.5. The summed E-state index contributed by atoms with van der Waals surface area (Å²) in [5.74, 6) is -0.114. The number of amides is 1. The summed E-state index contributed by atoms with van der Waals surface area (Å²) in [7, 11) is 0. The normalized spacial score (nSPS) is 21.4. The highest BCUT2D eigenvalue weighted by Gasteiger charge is 2.31.